The molecule has 0 aliphatic rings. The van der Waals surface area contributed by atoms with Crippen molar-refractivity contribution in [1.29, 1.82) is 0 Å². The van der Waals surface area contributed by atoms with Crippen LogP contribution < -0.4 is 0 Å². The number of unbranched alkanes of at least 4 members (excludes halogenated alkanes) is 1. The van der Waals surface area contributed by atoms with Gasteiger partial charge >= 0.3 is 0 Å². The van der Waals surface area contributed by atoms with E-state index in [9.17, 15) is 0 Å². The quantitative estimate of drug-likeness (QED) is 0.372. The van der Waals surface area contributed by atoms with E-state index in [1.54, 1.807) is 0 Å². The van der Waals surface area contributed by atoms with Crippen LogP contribution in [-0.2, 0) is 9.47 Å². The van der Waals surface area contributed by atoms with Crippen molar-refractivity contribution in [3.05, 3.63) is 23.7 Å². The number of hydrogen-bond donors (Lipinski definition) is 0. The van der Waals surface area contributed by atoms with E-state index in [1.807, 2.05) is 12.5 Å². The van der Waals surface area contributed by atoms with Crippen LogP contribution in [0.3, 0.4) is 0 Å². The Morgan fingerprint density at radius 1 is 0.667 bits per heavy atom. The minimum atomic E-state index is 0.797. The molecule has 0 aromatic heterocycles. The van der Waals surface area contributed by atoms with Gasteiger partial charge in [-0.1, -0.05) is 27.7 Å². The van der Waals surface area contributed by atoms with Gasteiger partial charge in [0.05, 0.1) is 25.7 Å². The Bertz CT molecular complexity index is 203. The first-order valence-electron chi connectivity index (χ1n) is 7.37. The average Bonchev–Trinajstić information content (AvgIpc) is 2.41. The molecule has 0 atom stereocenters. The largest absolute Gasteiger partial charge is 0.501 e. The van der Waals surface area contributed by atoms with E-state index in [0.717, 1.165) is 51.7 Å². The third-order valence-electron chi connectivity index (χ3n) is 3.09. The summed E-state index contributed by atoms with van der Waals surface area (Å²) in [6.45, 7) is 10.3. The van der Waals surface area contributed by atoms with Crippen LogP contribution in [0.15, 0.2) is 23.7 Å². The minimum Gasteiger partial charge on any atom is -0.501 e. The summed E-state index contributed by atoms with van der Waals surface area (Å²) in [5, 5.41) is 0. The predicted molar refractivity (Wildman–Crippen MR) is 78.5 cm³/mol. The monoisotopic (exact) mass is 254 g/mol. The van der Waals surface area contributed by atoms with Gasteiger partial charge in [0.25, 0.3) is 0 Å². The highest BCUT2D eigenvalue weighted by atomic mass is 16.5. The zero-order valence-electron chi connectivity index (χ0n) is 12.6. The van der Waals surface area contributed by atoms with Crippen LogP contribution in [0.4, 0.5) is 0 Å². The molecule has 0 heterocycles. The van der Waals surface area contributed by atoms with Gasteiger partial charge in [-0.25, -0.2) is 0 Å². The van der Waals surface area contributed by atoms with Gasteiger partial charge in [-0.2, -0.15) is 0 Å². The summed E-state index contributed by atoms with van der Waals surface area (Å²) in [5.74, 6) is 0. The van der Waals surface area contributed by atoms with E-state index in [0.29, 0.717) is 0 Å². The van der Waals surface area contributed by atoms with E-state index in [4.69, 9.17) is 9.47 Å². The summed E-state index contributed by atoms with van der Waals surface area (Å²) in [6, 6.07) is 0. The van der Waals surface area contributed by atoms with Gasteiger partial charge in [0.2, 0.25) is 0 Å². The van der Waals surface area contributed by atoms with E-state index in [2.05, 4.69) is 27.7 Å². The van der Waals surface area contributed by atoms with Gasteiger partial charge in [-0.15, -0.1) is 0 Å². The van der Waals surface area contributed by atoms with Crippen molar-refractivity contribution in [2.45, 2.75) is 66.2 Å². The molecule has 0 radical (unpaired) electrons. The number of hydrogen-bond acceptors (Lipinski definition) is 2. The molecule has 0 fully saturated rings. The molecule has 18 heavy (non-hydrogen) atoms. The maximum absolute atomic E-state index is 5.51. The molecule has 2 heteroatoms. The van der Waals surface area contributed by atoms with Crippen LogP contribution >= 0.6 is 0 Å². The van der Waals surface area contributed by atoms with Crippen LogP contribution in [0.1, 0.15) is 66.2 Å². The predicted octanol–water partition coefficient (Wildman–Crippen LogP) is 5.21. The van der Waals surface area contributed by atoms with Gasteiger partial charge in [0, 0.05) is 0 Å². The molecule has 0 spiro atoms. The minimum absolute atomic E-state index is 0.797. The summed E-state index contributed by atoms with van der Waals surface area (Å²) in [5.41, 5.74) is 2.76. The third kappa shape index (κ3) is 9.15. The molecule has 2 nitrogen and oxygen atoms in total. The Labute approximate surface area is 113 Å². The number of ether oxygens (including phenoxy) is 2. The fourth-order valence-electron chi connectivity index (χ4n) is 1.56. The van der Waals surface area contributed by atoms with Crippen molar-refractivity contribution in [1.82, 2.24) is 0 Å². The first kappa shape index (κ1) is 17.1. The smallest absolute Gasteiger partial charge is 0.0874 e. The Morgan fingerprint density at radius 3 is 1.28 bits per heavy atom. The Balaban J connectivity index is 3.46. The van der Waals surface area contributed by atoms with Crippen LogP contribution in [0.25, 0.3) is 0 Å². The molecule has 0 bridgehead atoms. The first-order chi connectivity index (χ1) is 8.78. The van der Waals surface area contributed by atoms with Gasteiger partial charge < -0.3 is 9.47 Å². The zero-order chi connectivity index (χ0) is 13.6. The summed E-state index contributed by atoms with van der Waals surface area (Å²) in [7, 11) is 0. The highest BCUT2D eigenvalue weighted by Gasteiger charge is 1.93. The highest BCUT2D eigenvalue weighted by molar-refractivity contribution is 4.95. The molecule has 0 aliphatic heterocycles. The topological polar surface area (TPSA) is 18.5 Å². The van der Waals surface area contributed by atoms with E-state index >= 15 is 0 Å². The van der Waals surface area contributed by atoms with Crippen molar-refractivity contribution in [3.63, 3.8) is 0 Å². The van der Waals surface area contributed by atoms with E-state index in [1.165, 1.54) is 11.1 Å². The van der Waals surface area contributed by atoms with E-state index in [-0.39, 0.29) is 0 Å². The number of allylic oxidation sites excluding steroid dienone is 2. The lowest BCUT2D eigenvalue weighted by Crippen LogP contribution is -1.94. The van der Waals surface area contributed by atoms with Crippen LogP contribution in [0.2, 0.25) is 0 Å². The van der Waals surface area contributed by atoms with Gasteiger partial charge in [-0.05, 0) is 49.7 Å². The van der Waals surface area contributed by atoms with Crippen molar-refractivity contribution >= 4 is 0 Å². The molecular weight excluding hydrogens is 224 g/mol. The standard InChI is InChI=1S/C16H30O2/c1-5-15(6-2)13-17-11-9-10-12-18-14-16(7-3)8-4/h13-14H,5-12H2,1-4H3. The van der Waals surface area contributed by atoms with Crippen molar-refractivity contribution in [2.24, 2.45) is 0 Å². The molecule has 0 unspecified atom stereocenters. The van der Waals surface area contributed by atoms with Crippen LogP contribution in [0, 0.1) is 0 Å². The Kier molecular flexibility index (Phi) is 11.9. The molecule has 106 valence electrons. The number of rotatable bonds is 11. The van der Waals surface area contributed by atoms with Gasteiger partial charge in [0.15, 0.2) is 0 Å². The molecule has 0 aromatic carbocycles. The van der Waals surface area contributed by atoms with Crippen LogP contribution in [0.5, 0.6) is 0 Å². The SMILES string of the molecule is CCC(=COCCCCOC=C(CC)CC)CC. The average molecular weight is 254 g/mol. The second-order valence-corrected chi connectivity index (χ2v) is 4.42. The zero-order valence-corrected chi connectivity index (χ0v) is 12.6. The Morgan fingerprint density at radius 2 is 1.00 bits per heavy atom. The molecule has 0 amide bonds. The third-order valence-corrected chi connectivity index (χ3v) is 3.09. The molecule has 0 aliphatic carbocycles. The molecule has 0 rings (SSSR count). The highest BCUT2D eigenvalue weighted by Crippen LogP contribution is 2.07. The van der Waals surface area contributed by atoms with Crippen LogP contribution in [-0.4, -0.2) is 13.2 Å². The second kappa shape index (κ2) is 12.5. The molecule has 0 aromatic rings. The summed E-state index contributed by atoms with van der Waals surface area (Å²) in [6.07, 6.45) is 10.3. The van der Waals surface area contributed by atoms with Gasteiger partial charge in [0.1, 0.15) is 0 Å². The molecular formula is C16H30O2. The summed E-state index contributed by atoms with van der Waals surface area (Å²) < 4.78 is 11.0. The molecule has 0 N–H and O–H groups in total. The molecule has 0 saturated carbocycles. The fraction of sp³-hybridized carbons (Fsp3) is 0.750. The van der Waals surface area contributed by atoms with Crippen molar-refractivity contribution in [3.8, 4) is 0 Å². The maximum atomic E-state index is 5.51. The lowest BCUT2D eigenvalue weighted by atomic mass is 10.2. The normalized spacial score (nSPS) is 9.78. The van der Waals surface area contributed by atoms with E-state index < -0.39 is 0 Å². The lowest BCUT2D eigenvalue weighted by molar-refractivity contribution is 0.201. The second-order valence-electron chi connectivity index (χ2n) is 4.42. The Hall–Kier alpha value is -0.920. The molecule has 0 saturated heterocycles. The van der Waals surface area contributed by atoms with Gasteiger partial charge in [-0.3, -0.25) is 0 Å². The fourth-order valence-corrected chi connectivity index (χ4v) is 1.56. The maximum Gasteiger partial charge on any atom is 0.0874 e. The lowest BCUT2D eigenvalue weighted by Gasteiger charge is -2.05. The van der Waals surface area contributed by atoms with Crippen molar-refractivity contribution < 1.29 is 9.47 Å². The van der Waals surface area contributed by atoms with Crippen molar-refractivity contribution in [2.75, 3.05) is 13.2 Å². The first-order valence-corrected chi connectivity index (χ1v) is 7.37. The summed E-state index contributed by atoms with van der Waals surface area (Å²) >= 11 is 0. The summed E-state index contributed by atoms with van der Waals surface area (Å²) in [4.78, 5) is 0.